The number of carbonyl (C=O) groups excluding carboxylic acids is 1. The van der Waals surface area contributed by atoms with Gasteiger partial charge < -0.3 is 15.4 Å². The lowest BCUT2D eigenvalue weighted by Crippen LogP contribution is -2.48. The first-order valence-corrected chi connectivity index (χ1v) is 19.3. The zero-order valence-electron chi connectivity index (χ0n) is 26.7. The average molecular weight is 703 g/mol. The number of benzene rings is 2. The molecule has 2 aromatic carbocycles. The second kappa shape index (κ2) is 16.0. The first kappa shape index (κ1) is 36.3. The Morgan fingerprint density at radius 2 is 1.70 bits per heavy atom. The molecule has 2 atom stereocenters. The molecular weight excluding hydrogens is 661 g/mol. The number of sulfonamides is 2. The van der Waals surface area contributed by atoms with Crippen LogP contribution in [0.25, 0.3) is 10.9 Å². The first-order chi connectivity index (χ1) is 22.3. The molecule has 14 heteroatoms. The van der Waals surface area contributed by atoms with Gasteiger partial charge in [-0.05, 0) is 67.3 Å². The van der Waals surface area contributed by atoms with Gasteiger partial charge >= 0.3 is 5.97 Å². The number of nitrogens with one attached hydrogen (secondary N) is 3. The number of hydrogen-bond acceptors (Lipinski definition) is 7. The molecule has 0 radical (unpaired) electrons. The molecule has 0 bridgehead atoms. The number of hydrogen-bond donors (Lipinski definition) is 4. The van der Waals surface area contributed by atoms with Crippen molar-refractivity contribution in [3.8, 4) is 0 Å². The zero-order chi connectivity index (χ0) is 34.2. The second-order valence-corrected chi connectivity index (χ2v) is 16.8. The number of amides is 1. The summed E-state index contributed by atoms with van der Waals surface area (Å²) < 4.78 is 57.5. The minimum absolute atomic E-state index is 0.0437. The molecule has 2 heterocycles. The van der Waals surface area contributed by atoms with Crippen LogP contribution >= 0.6 is 11.3 Å². The van der Waals surface area contributed by atoms with Crippen LogP contribution in [-0.4, -0.2) is 68.3 Å². The van der Waals surface area contributed by atoms with Crippen LogP contribution in [0.5, 0.6) is 0 Å². The van der Waals surface area contributed by atoms with Gasteiger partial charge in [-0.25, -0.2) is 16.8 Å². The molecule has 0 aliphatic carbocycles. The molecule has 0 saturated carbocycles. The Labute approximate surface area is 280 Å². The lowest BCUT2D eigenvalue weighted by molar-refractivity contribution is -0.138. The van der Waals surface area contributed by atoms with Gasteiger partial charge in [0.15, 0.2) is 0 Å². The number of aromatic amines is 1. The van der Waals surface area contributed by atoms with Gasteiger partial charge in [0.25, 0.3) is 10.0 Å². The summed E-state index contributed by atoms with van der Waals surface area (Å²) in [6, 6.07) is 15.3. The van der Waals surface area contributed by atoms with Gasteiger partial charge in [0.2, 0.25) is 15.9 Å². The summed E-state index contributed by atoms with van der Waals surface area (Å²) in [5.41, 5.74) is 2.56. The highest BCUT2D eigenvalue weighted by molar-refractivity contribution is 7.91. The number of carbonyl (C=O) groups is 2. The molecule has 47 heavy (non-hydrogen) atoms. The van der Waals surface area contributed by atoms with Crippen LogP contribution < -0.4 is 10.0 Å². The van der Waals surface area contributed by atoms with Crippen molar-refractivity contribution in [1.82, 2.24) is 19.3 Å². The minimum Gasteiger partial charge on any atom is -0.481 e. The topological polar surface area (TPSA) is 166 Å². The van der Waals surface area contributed by atoms with Crippen molar-refractivity contribution in [2.75, 3.05) is 13.1 Å². The smallest absolute Gasteiger partial charge is 0.304 e. The van der Waals surface area contributed by atoms with E-state index in [0.29, 0.717) is 12.8 Å². The van der Waals surface area contributed by atoms with Crippen molar-refractivity contribution in [2.24, 2.45) is 5.92 Å². The third kappa shape index (κ3) is 9.73. The number of aromatic nitrogens is 1. The average Bonchev–Trinajstić information content (AvgIpc) is 3.70. The lowest BCUT2D eigenvalue weighted by Gasteiger charge is -2.31. The van der Waals surface area contributed by atoms with Gasteiger partial charge in [0.05, 0.1) is 11.3 Å². The largest absolute Gasteiger partial charge is 0.481 e. The molecule has 4 aromatic rings. The van der Waals surface area contributed by atoms with E-state index in [1.165, 1.54) is 22.5 Å². The van der Waals surface area contributed by atoms with Gasteiger partial charge in [0, 0.05) is 36.2 Å². The molecule has 4 rings (SSSR count). The summed E-state index contributed by atoms with van der Waals surface area (Å²) in [7, 11) is -7.92. The Morgan fingerprint density at radius 3 is 2.36 bits per heavy atom. The fraction of sp³-hybridized carbons (Fsp3) is 0.394. The number of unbranched alkanes of at least 4 members (excludes halogenated alkanes) is 1. The van der Waals surface area contributed by atoms with Crippen LogP contribution in [0, 0.1) is 12.8 Å². The molecule has 0 spiro atoms. The number of para-hydroxylation sites is 1. The van der Waals surface area contributed by atoms with Crippen molar-refractivity contribution >= 4 is 54.2 Å². The van der Waals surface area contributed by atoms with Crippen LogP contribution in [0.4, 0.5) is 0 Å². The van der Waals surface area contributed by atoms with E-state index in [1.807, 2.05) is 45.0 Å². The van der Waals surface area contributed by atoms with Gasteiger partial charge in [-0.3, -0.25) is 9.59 Å². The normalized spacial score (nSPS) is 13.6. The summed E-state index contributed by atoms with van der Waals surface area (Å²) >= 11 is 1.05. The molecule has 254 valence electrons. The molecule has 0 unspecified atom stereocenters. The molecule has 4 N–H and O–H groups in total. The third-order valence-electron chi connectivity index (χ3n) is 7.73. The van der Waals surface area contributed by atoms with Crippen molar-refractivity contribution < 1.29 is 31.5 Å². The molecular formula is C33H42N4O7S3. The quantitative estimate of drug-likeness (QED) is 0.107. The van der Waals surface area contributed by atoms with Gasteiger partial charge in [-0.1, -0.05) is 62.2 Å². The van der Waals surface area contributed by atoms with Crippen LogP contribution in [0.15, 0.2) is 81.3 Å². The van der Waals surface area contributed by atoms with E-state index in [4.69, 9.17) is 0 Å². The van der Waals surface area contributed by atoms with Crippen LogP contribution in [-0.2, 0) is 36.1 Å². The summed E-state index contributed by atoms with van der Waals surface area (Å²) in [5, 5.41) is 15.0. The standard InChI is InChI=1S/C33H42N4O7S3/c1-23(2)22-37(47(43,44)27-15-13-24(3)14-16-27)26(20-31(38)39)9-6-7-17-34-33(40)30(36-46(41,42)32-12-8-18-45-32)19-25-21-35-29-11-5-4-10-28(25)29/h4-5,8,10-16,18,21,23,26,30,35-36H,6-7,9,17,19-20,22H2,1-3H3,(H,34,40)(H,38,39)/t26-,30-/m0/s1. The van der Waals surface area contributed by atoms with E-state index in [1.54, 1.807) is 29.8 Å². The SMILES string of the molecule is Cc1ccc(S(=O)(=O)N(CC(C)C)[C@@H](CCCCNC(=O)[C@H](Cc2c[nH]c3ccccc23)NS(=O)(=O)c2cccs2)CC(=O)O)cc1. The third-order valence-corrected chi connectivity index (χ3v) is 12.5. The predicted octanol–water partition coefficient (Wildman–Crippen LogP) is 4.90. The number of aliphatic carboxylic acids is 1. The monoisotopic (exact) mass is 702 g/mol. The van der Waals surface area contributed by atoms with E-state index in [9.17, 15) is 31.5 Å². The Balaban J connectivity index is 1.44. The fourth-order valence-corrected chi connectivity index (χ4v) is 9.43. The Kier molecular flexibility index (Phi) is 12.4. The van der Waals surface area contributed by atoms with Crippen LogP contribution in [0.1, 0.15) is 50.7 Å². The number of fused-ring (bicyclic) bond motifs is 1. The van der Waals surface area contributed by atoms with Gasteiger partial charge in [-0.2, -0.15) is 9.03 Å². The van der Waals surface area contributed by atoms with Crippen molar-refractivity contribution in [3.63, 3.8) is 0 Å². The minimum atomic E-state index is -3.97. The van der Waals surface area contributed by atoms with Gasteiger partial charge in [0.1, 0.15) is 10.3 Å². The van der Waals surface area contributed by atoms with E-state index in [-0.39, 0.29) is 47.4 Å². The number of H-pyrrole nitrogens is 1. The van der Waals surface area contributed by atoms with Crippen LogP contribution in [0.3, 0.4) is 0 Å². The van der Waals surface area contributed by atoms with E-state index in [0.717, 1.165) is 33.4 Å². The zero-order valence-corrected chi connectivity index (χ0v) is 29.1. The second-order valence-electron chi connectivity index (χ2n) is 12.0. The van der Waals surface area contributed by atoms with Gasteiger partial charge in [-0.15, -0.1) is 11.3 Å². The van der Waals surface area contributed by atoms with Crippen molar-refractivity contribution in [3.05, 3.63) is 83.4 Å². The van der Waals surface area contributed by atoms with E-state index < -0.39 is 44.0 Å². The number of aryl methyl sites for hydroxylation is 1. The highest BCUT2D eigenvalue weighted by Crippen LogP contribution is 2.25. The Hall–Kier alpha value is -3.56. The number of rotatable bonds is 18. The molecule has 0 aliphatic rings. The maximum atomic E-state index is 13.7. The Bertz CT molecular complexity index is 1850. The molecule has 0 aliphatic heterocycles. The summed E-state index contributed by atoms with van der Waals surface area (Å²) in [6.45, 7) is 5.97. The number of carboxylic acid groups (broad SMARTS) is 1. The fourth-order valence-electron chi connectivity index (χ4n) is 5.41. The molecule has 0 fully saturated rings. The molecule has 0 saturated heterocycles. The highest BCUT2D eigenvalue weighted by Gasteiger charge is 2.33. The molecule has 1 amide bonds. The highest BCUT2D eigenvalue weighted by atomic mass is 32.2. The van der Waals surface area contributed by atoms with E-state index in [2.05, 4.69) is 15.0 Å². The van der Waals surface area contributed by atoms with Crippen molar-refractivity contribution in [2.45, 2.75) is 74.1 Å². The number of thiophene rings is 1. The molecule has 11 nitrogen and oxygen atoms in total. The summed E-state index contributed by atoms with van der Waals surface area (Å²) in [6.07, 6.45) is 2.65. The number of carboxylic acids is 1. The lowest BCUT2D eigenvalue weighted by atomic mass is 10.0. The van der Waals surface area contributed by atoms with Crippen LogP contribution in [0.2, 0.25) is 0 Å². The molecule has 2 aromatic heterocycles. The number of nitrogens with zero attached hydrogens (tertiary/aromatic N) is 1. The maximum absolute atomic E-state index is 13.7. The maximum Gasteiger partial charge on any atom is 0.304 e. The Morgan fingerprint density at radius 1 is 0.979 bits per heavy atom. The first-order valence-electron chi connectivity index (χ1n) is 15.5. The predicted molar refractivity (Wildman–Crippen MR) is 183 cm³/mol. The van der Waals surface area contributed by atoms with E-state index >= 15 is 0 Å². The summed E-state index contributed by atoms with van der Waals surface area (Å²) in [5.74, 6) is -1.65. The summed E-state index contributed by atoms with van der Waals surface area (Å²) in [4.78, 5) is 28.5. The van der Waals surface area contributed by atoms with Crippen molar-refractivity contribution in [1.29, 1.82) is 0 Å².